The number of nitrogen functional groups attached to an aromatic ring is 1. The van der Waals surface area contributed by atoms with Gasteiger partial charge in [0.2, 0.25) is 6.04 Å². The Bertz CT molecular complexity index is 1120. The number of nitrogens with one attached hydrogen (secondary N) is 1. The summed E-state index contributed by atoms with van der Waals surface area (Å²) >= 11 is 0. The third-order valence-corrected chi connectivity index (χ3v) is 5.68. The quantitative estimate of drug-likeness (QED) is 0.513. The van der Waals surface area contributed by atoms with E-state index in [0.29, 0.717) is 5.69 Å². The molecular formula is C24H20BrN5O. The first-order valence-electron chi connectivity index (χ1n) is 9.60. The molecule has 3 unspecified atom stereocenters. The lowest BCUT2D eigenvalue weighted by molar-refractivity contribution is -0.714. The van der Waals surface area contributed by atoms with Crippen molar-refractivity contribution in [3.8, 4) is 12.1 Å². The van der Waals surface area contributed by atoms with E-state index < -0.39 is 23.4 Å². The van der Waals surface area contributed by atoms with Crippen molar-refractivity contribution in [1.29, 1.82) is 10.5 Å². The summed E-state index contributed by atoms with van der Waals surface area (Å²) in [6.07, 6.45) is 3.41. The lowest BCUT2D eigenvalue weighted by Gasteiger charge is -2.42. The van der Waals surface area contributed by atoms with E-state index in [1.54, 1.807) is 29.1 Å². The minimum absolute atomic E-state index is 0. The molecule has 1 saturated heterocycles. The minimum atomic E-state index is -1.52. The molecule has 154 valence electrons. The van der Waals surface area contributed by atoms with E-state index in [4.69, 9.17) is 5.73 Å². The number of amides is 1. The van der Waals surface area contributed by atoms with Crippen molar-refractivity contribution >= 4 is 11.6 Å². The fourth-order valence-electron chi connectivity index (χ4n) is 4.25. The molecule has 4 rings (SSSR count). The van der Waals surface area contributed by atoms with Gasteiger partial charge in [-0.2, -0.15) is 15.1 Å². The zero-order valence-electron chi connectivity index (χ0n) is 16.5. The van der Waals surface area contributed by atoms with Gasteiger partial charge in [-0.25, -0.2) is 0 Å². The molecule has 6 nitrogen and oxygen atoms in total. The summed E-state index contributed by atoms with van der Waals surface area (Å²) in [4.78, 5) is 13.4. The van der Waals surface area contributed by atoms with Crippen LogP contribution in [0.15, 0.2) is 85.2 Å². The molecule has 2 aromatic carbocycles. The second kappa shape index (κ2) is 8.99. The zero-order chi connectivity index (χ0) is 21.1. The van der Waals surface area contributed by atoms with Crippen LogP contribution in [-0.2, 0) is 4.79 Å². The number of nitriles is 2. The van der Waals surface area contributed by atoms with Crippen LogP contribution in [-0.4, -0.2) is 5.91 Å². The molecule has 2 heterocycles. The maximum Gasteiger partial charge on any atom is 0.290 e. The van der Waals surface area contributed by atoms with E-state index in [-0.39, 0.29) is 22.9 Å². The number of halogens is 1. The highest BCUT2D eigenvalue weighted by atomic mass is 79.9. The topological polar surface area (TPSA) is 107 Å². The normalized spacial score (nSPS) is 21.6. The molecule has 1 fully saturated rings. The summed E-state index contributed by atoms with van der Waals surface area (Å²) in [6, 6.07) is 24.9. The summed E-state index contributed by atoms with van der Waals surface area (Å²) in [5.41, 5.74) is 6.34. The second-order valence-electron chi connectivity index (χ2n) is 7.36. The first-order valence-corrected chi connectivity index (χ1v) is 9.60. The number of anilines is 1. The van der Waals surface area contributed by atoms with Crippen LogP contribution in [0, 0.1) is 28.1 Å². The summed E-state index contributed by atoms with van der Waals surface area (Å²) in [5, 5.41) is 23.6. The lowest BCUT2D eigenvalue weighted by atomic mass is 9.62. The fourth-order valence-corrected chi connectivity index (χ4v) is 4.25. The predicted molar refractivity (Wildman–Crippen MR) is 110 cm³/mol. The number of nitrogens with zero attached hydrogens (tertiary/aromatic N) is 3. The smallest absolute Gasteiger partial charge is 0.290 e. The number of piperidine rings is 1. The Morgan fingerprint density at radius 2 is 1.39 bits per heavy atom. The molecule has 0 aliphatic carbocycles. The number of benzene rings is 2. The van der Waals surface area contributed by atoms with Crippen molar-refractivity contribution < 1.29 is 26.3 Å². The van der Waals surface area contributed by atoms with Crippen LogP contribution in [0.3, 0.4) is 0 Å². The van der Waals surface area contributed by atoms with Gasteiger partial charge in [0.05, 0.1) is 24.1 Å². The summed E-state index contributed by atoms with van der Waals surface area (Å²) in [7, 11) is 0. The molecule has 0 radical (unpaired) electrons. The van der Waals surface area contributed by atoms with Gasteiger partial charge in [-0.1, -0.05) is 60.7 Å². The highest BCUT2D eigenvalue weighted by Crippen LogP contribution is 2.52. The lowest BCUT2D eigenvalue weighted by Crippen LogP contribution is -3.00. The first kappa shape index (κ1) is 22.0. The van der Waals surface area contributed by atoms with Crippen LogP contribution in [0.4, 0.5) is 5.69 Å². The fraction of sp³-hybridized carbons (Fsp3) is 0.167. The van der Waals surface area contributed by atoms with Gasteiger partial charge in [0.15, 0.2) is 17.8 Å². The van der Waals surface area contributed by atoms with Gasteiger partial charge < -0.3 is 28.0 Å². The molecule has 3 atom stereocenters. The van der Waals surface area contributed by atoms with E-state index in [1.807, 2.05) is 60.7 Å². The van der Waals surface area contributed by atoms with Crippen LogP contribution in [0.2, 0.25) is 0 Å². The zero-order valence-corrected chi connectivity index (χ0v) is 18.1. The van der Waals surface area contributed by atoms with Crippen LogP contribution >= 0.6 is 0 Å². The molecule has 1 aliphatic heterocycles. The van der Waals surface area contributed by atoms with Gasteiger partial charge in [0, 0.05) is 17.8 Å². The number of hydrogen-bond donors (Lipinski definition) is 2. The number of carbonyl (C=O) groups excluding carboxylic acids is 1. The van der Waals surface area contributed by atoms with Gasteiger partial charge in [-0.3, -0.25) is 4.79 Å². The standard InChI is InChI=1S/C24H19N5O.BrH/c25-15-24(16-26)20(17-7-3-1-4-8-17)21(29-13-11-19(27)12-14-29)23(30)28-22(24)18-9-5-2-6-10-18;/h1-14,20-22,27H,(H,28,30);1H. The predicted octanol–water partition coefficient (Wildman–Crippen LogP) is -0.210. The molecule has 0 bridgehead atoms. The van der Waals surface area contributed by atoms with Gasteiger partial charge in [0.1, 0.15) is 0 Å². The highest BCUT2D eigenvalue weighted by Gasteiger charge is 2.61. The van der Waals surface area contributed by atoms with Gasteiger partial charge in [0.25, 0.3) is 5.91 Å². The maximum absolute atomic E-state index is 13.4. The van der Waals surface area contributed by atoms with Gasteiger partial charge in [-0.15, -0.1) is 0 Å². The second-order valence-corrected chi connectivity index (χ2v) is 7.36. The Labute approximate surface area is 191 Å². The molecular weight excluding hydrogens is 454 g/mol. The van der Waals surface area contributed by atoms with E-state index in [1.165, 1.54) is 0 Å². The number of pyridine rings is 1. The Balaban J connectivity index is 0.00000272. The average molecular weight is 474 g/mol. The van der Waals surface area contributed by atoms with E-state index >= 15 is 0 Å². The van der Waals surface area contributed by atoms with Crippen molar-refractivity contribution in [1.82, 2.24) is 5.32 Å². The van der Waals surface area contributed by atoms with Crippen LogP contribution in [0.25, 0.3) is 0 Å². The molecule has 0 spiro atoms. The van der Waals surface area contributed by atoms with Crippen molar-refractivity contribution in [2.24, 2.45) is 5.41 Å². The molecule has 31 heavy (non-hydrogen) atoms. The molecule has 1 aromatic heterocycles. The monoisotopic (exact) mass is 473 g/mol. The Morgan fingerprint density at radius 3 is 1.90 bits per heavy atom. The summed E-state index contributed by atoms with van der Waals surface area (Å²) in [6.45, 7) is 0. The molecule has 0 saturated carbocycles. The average Bonchev–Trinajstić information content (AvgIpc) is 2.80. The Kier molecular flexibility index (Phi) is 6.39. The van der Waals surface area contributed by atoms with Crippen molar-refractivity contribution in [2.75, 3.05) is 5.73 Å². The number of rotatable bonds is 3. The molecule has 7 heteroatoms. The van der Waals surface area contributed by atoms with E-state index in [2.05, 4.69) is 17.5 Å². The molecule has 1 amide bonds. The van der Waals surface area contributed by atoms with Crippen molar-refractivity contribution in [3.63, 3.8) is 0 Å². The summed E-state index contributed by atoms with van der Waals surface area (Å²) in [5.74, 6) is -0.949. The van der Waals surface area contributed by atoms with Gasteiger partial charge >= 0.3 is 0 Å². The molecule has 1 aliphatic rings. The maximum atomic E-state index is 13.4. The molecule has 3 aromatic rings. The van der Waals surface area contributed by atoms with Gasteiger partial charge in [-0.05, 0) is 11.1 Å². The number of carbonyl (C=O) groups is 1. The van der Waals surface area contributed by atoms with Crippen LogP contribution in [0.1, 0.15) is 29.1 Å². The van der Waals surface area contributed by atoms with Crippen LogP contribution < -0.4 is 32.6 Å². The van der Waals surface area contributed by atoms with E-state index in [0.717, 1.165) is 11.1 Å². The third-order valence-electron chi connectivity index (χ3n) is 5.68. The minimum Gasteiger partial charge on any atom is -1.00 e. The van der Waals surface area contributed by atoms with Crippen molar-refractivity contribution in [2.45, 2.75) is 18.0 Å². The Morgan fingerprint density at radius 1 is 0.871 bits per heavy atom. The van der Waals surface area contributed by atoms with E-state index in [9.17, 15) is 15.3 Å². The molecule has 3 N–H and O–H groups in total. The Hall–Kier alpha value is -3.68. The van der Waals surface area contributed by atoms with Crippen molar-refractivity contribution in [3.05, 3.63) is 96.3 Å². The SMILES string of the molecule is N#CC1(C#N)C(c2ccccc2)NC(=O)C([n+]2ccc(N)cc2)C1c1ccccc1.[Br-]. The summed E-state index contributed by atoms with van der Waals surface area (Å²) < 4.78 is 1.72. The highest BCUT2D eigenvalue weighted by molar-refractivity contribution is 5.83. The first-order chi connectivity index (χ1) is 14.6. The third kappa shape index (κ3) is 3.76. The number of aromatic nitrogens is 1. The largest absolute Gasteiger partial charge is 1.00 e. The number of nitrogens with two attached hydrogens (primary N) is 1. The van der Waals surface area contributed by atoms with Crippen LogP contribution in [0.5, 0.6) is 0 Å². The number of hydrogen-bond acceptors (Lipinski definition) is 4.